The van der Waals surface area contributed by atoms with E-state index >= 15 is 0 Å². The predicted octanol–water partition coefficient (Wildman–Crippen LogP) is 22.5. The molecular formula is C73H120O6. The van der Waals surface area contributed by atoms with E-state index in [1.54, 1.807) is 0 Å². The molecule has 0 aromatic rings. The summed E-state index contributed by atoms with van der Waals surface area (Å²) in [5, 5.41) is 0. The zero-order chi connectivity index (χ0) is 57.1. The molecule has 0 bridgehead atoms. The van der Waals surface area contributed by atoms with Gasteiger partial charge in [-0.05, 0) is 122 Å². The quantitative estimate of drug-likeness (QED) is 0.0261. The molecule has 448 valence electrons. The van der Waals surface area contributed by atoms with Crippen LogP contribution in [0.15, 0.2) is 134 Å². The molecule has 0 fully saturated rings. The first-order chi connectivity index (χ1) is 39.0. The standard InChI is InChI=1S/C73H120O6/c1-4-7-10-13-16-18-20-22-24-26-28-30-32-33-34-35-36-37-38-39-41-42-44-46-48-50-52-54-57-60-63-66-72(75)78-69-70(68-77-71(74)65-62-59-56-15-12-9-6-3)79-73(76)67-64-61-58-55-53-51-49-47-45-43-40-31-29-27-25-23-21-19-17-14-11-8-5-2/h7,10,16,18,21-24,27-30,33-34,36-37,39,41,44,46,50,52,70H,4-6,8-9,11-15,17,19-20,25-26,31-32,35,38,40,42-43,45,47-49,51,53-69H2,1-3H3/b10-7-,18-16-,23-21-,24-22-,29-27-,30-28-,34-33-,37-36-,41-39-,46-44-,52-50-. The van der Waals surface area contributed by atoms with Gasteiger partial charge in [0.05, 0.1) is 0 Å². The van der Waals surface area contributed by atoms with Gasteiger partial charge in [0.15, 0.2) is 6.10 Å². The normalized spacial score (nSPS) is 13.0. The minimum atomic E-state index is -0.795. The first kappa shape index (κ1) is 74.5. The second-order valence-corrected chi connectivity index (χ2v) is 21.3. The van der Waals surface area contributed by atoms with Crippen molar-refractivity contribution >= 4 is 17.9 Å². The highest BCUT2D eigenvalue weighted by atomic mass is 16.6. The van der Waals surface area contributed by atoms with E-state index in [9.17, 15) is 14.4 Å². The predicted molar refractivity (Wildman–Crippen MR) is 343 cm³/mol. The van der Waals surface area contributed by atoms with Crippen LogP contribution in [0.3, 0.4) is 0 Å². The Balaban J connectivity index is 4.24. The van der Waals surface area contributed by atoms with Gasteiger partial charge in [-0.3, -0.25) is 14.4 Å². The molecule has 6 heteroatoms. The van der Waals surface area contributed by atoms with E-state index in [1.165, 1.54) is 122 Å². The largest absolute Gasteiger partial charge is 0.462 e. The van der Waals surface area contributed by atoms with E-state index in [4.69, 9.17) is 14.2 Å². The lowest BCUT2D eigenvalue weighted by atomic mass is 10.0. The Labute approximate surface area is 487 Å². The zero-order valence-corrected chi connectivity index (χ0v) is 51.3. The molecule has 0 N–H and O–H groups in total. The minimum Gasteiger partial charge on any atom is -0.462 e. The first-order valence-electron chi connectivity index (χ1n) is 32.7. The summed E-state index contributed by atoms with van der Waals surface area (Å²) in [6.45, 7) is 6.45. The molecule has 0 saturated heterocycles. The van der Waals surface area contributed by atoms with Crippen LogP contribution < -0.4 is 0 Å². The third-order valence-corrected chi connectivity index (χ3v) is 13.6. The molecule has 79 heavy (non-hydrogen) atoms. The number of hydrogen-bond acceptors (Lipinski definition) is 6. The highest BCUT2D eigenvalue weighted by Crippen LogP contribution is 2.15. The zero-order valence-electron chi connectivity index (χ0n) is 51.3. The molecule has 0 aliphatic heterocycles. The molecule has 0 aliphatic rings. The van der Waals surface area contributed by atoms with E-state index in [0.717, 1.165) is 128 Å². The van der Waals surface area contributed by atoms with Gasteiger partial charge in [0, 0.05) is 19.3 Å². The number of carbonyl (C=O) groups is 3. The van der Waals surface area contributed by atoms with Crippen molar-refractivity contribution in [1.29, 1.82) is 0 Å². The van der Waals surface area contributed by atoms with Crippen LogP contribution in [0.1, 0.15) is 290 Å². The molecule has 0 amide bonds. The van der Waals surface area contributed by atoms with Crippen molar-refractivity contribution in [2.75, 3.05) is 13.2 Å². The van der Waals surface area contributed by atoms with Crippen molar-refractivity contribution in [3.05, 3.63) is 134 Å². The van der Waals surface area contributed by atoms with Crippen LogP contribution in [-0.4, -0.2) is 37.2 Å². The fraction of sp³-hybridized carbons (Fsp3) is 0.658. The fourth-order valence-electron chi connectivity index (χ4n) is 8.76. The van der Waals surface area contributed by atoms with E-state index in [0.29, 0.717) is 19.3 Å². The van der Waals surface area contributed by atoms with Crippen LogP contribution in [0.5, 0.6) is 0 Å². The summed E-state index contributed by atoms with van der Waals surface area (Å²) in [5.41, 5.74) is 0. The van der Waals surface area contributed by atoms with Crippen molar-refractivity contribution in [2.45, 2.75) is 297 Å². The van der Waals surface area contributed by atoms with Crippen molar-refractivity contribution in [3.8, 4) is 0 Å². The summed E-state index contributed by atoms with van der Waals surface area (Å²) in [7, 11) is 0. The van der Waals surface area contributed by atoms with Gasteiger partial charge in [0.25, 0.3) is 0 Å². The Morgan fingerprint density at radius 3 is 0.785 bits per heavy atom. The van der Waals surface area contributed by atoms with E-state index in [2.05, 4.69) is 154 Å². The van der Waals surface area contributed by atoms with E-state index in [1.807, 2.05) is 0 Å². The SMILES string of the molecule is CC/C=C\C/C=C\C/C=C\C/C=C\C/C=C\C/C=C\C/C=C\C/C=C\C/C=C\CCCCCC(=O)OCC(COC(=O)CCCCCCCCC)OC(=O)CCCCCCCCCCCCC/C=C\C/C=C\CCCCCCC. The summed E-state index contributed by atoms with van der Waals surface area (Å²) < 4.78 is 16.8. The van der Waals surface area contributed by atoms with E-state index in [-0.39, 0.29) is 31.1 Å². The first-order valence-corrected chi connectivity index (χ1v) is 32.7. The molecule has 0 aliphatic carbocycles. The number of hydrogen-bond donors (Lipinski definition) is 0. The van der Waals surface area contributed by atoms with Crippen LogP contribution >= 0.6 is 0 Å². The van der Waals surface area contributed by atoms with Crippen molar-refractivity contribution in [3.63, 3.8) is 0 Å². The van der Waals surface area contributed by atoms with Crippen LogP contribution in [0, 0.1) is 0 Å². The summed E-state index contributed by atoms with van der Waals surface area (Å²) in [6, 6.07) is 0. The maximum Gasteiger partial charge on any atom is 0.306 e. The molecule has 6 nitrogen and oxygen atoms in total. The molecule has 0 aromatic heterocycles. The van der Waals surface area contributed by atoms with E-state index < -0.39 is 6.10 Å². The Kier molecular flexibility index (Phi) is 62.3. The highest BCUT2D eigenvalue weighted by Gasteiger charge is 2.19. The van der Waals surface area contributed by atoms with Crippen molar-refractivity contribution in [2.24, 2.45) is 0 Å². The average Bonchev–Trinajstić information content (AvgIpc) is 3.45. The Morgan fingerprint density at radius 1 is 0.266 bits per heavy atom. The summed E-state index contributed by atoms with van der Waals surface area (Å²) in [4.78, 5) is 38.1. The van der Waals surface area contributed by atoms with Gasteiger partial charge in [-0.25, -0.2) is 0 Å². The summed E-state index contributed by atoms with van der Waals surface area (Å²) >= 11 is 0. The van der Waals surface area contributed by atoms with Crippen molar-refractivity contribution < 1.29 is 28.6 Å². The fourth-order valence-corrected chi connectivity index (χ4v) is 8.76. The molecule has 1 atom stereocenters. The maximum atomic E-state index is 12.9. The second kappa shape index (κ2) is 66.1. The Morgan fingerprint density at radius 2 is 0.494 bits per heavy atom. The van der Waals surface area contributed by atoms with Gasteiger partial charge in [-0.2, -0.15) is 0 Å². The molecule has 0 aromatic carbocycles. The Hall–Kier alpha value is -4.45. The molecule has 0 rings (SSSR count). The second-order valence-electron chi connectivity index (χ2n) is 21.3. The molecular weight excluding hydrogens is 973 g/mol. The number of allylic oxidation sites excluding steroid dienone is 22. The number of carbonyl (C=O) groups excluding carboxylic acids is 3. The lowest BCUT2D eigenvalue weighted by Gasteiger charge is -2.18. The van der Waals surface area contributed by atoms with Gasteiger partial charge in [0.2, 0.25) is 0 Å². The van der Waals surface area contributed by atoms with Gasteiger partial charge >= 0.3 is 17.9 Å². The topological polar surface area (TPSA) is 78.9 Å². The Bertz CT molecular complexity index is 1680. The maximum absolute atomic E-state index is 12.9. The number of unbranched alkanes of at least 4 members (excludes halogenated alkanes) is 25. The van der Waals surface area contributed by atoms with Crippen LogP contribution in [0.2, 0.25) is 0 Å². The molecule has 1 unspecified atom stereocenters. The highest BCUT2D eigenvalue weighted by molar-refractivity contribution is 5.71. The van der Waals surface area contributed by atoms with Crippen LogP contribution in [0.4, 0.5) is 0 Å². The lowest BCUT2D eigenvalue weighted by Crippen LogP contribution is -2.30. The average molecular weight is 1090 g/mol. The molecule has 0 saturated carbocycles. The van der Waals surface area contributed by atoms with Crippen molar-refractivity contribution in [1.82, 2.24) is 0 Å². The summed E-state index contributed by atoms with van der Waals surface area (Å²) in [6.07, 6.45) is 93.4. The molecule has 0 spiro atoms. The molecule has 0 radical (unpaired) electrons. The number of ether oxygens (including phenoxy) is 3. The third-order valence-electron chi connectivity index (χ3n) is 13.6. The van der Waals surface area contributed by atoms with Crippen LogP contribution in [0.25, 0.3) is 0 Å². The number of esters is 3. The smallest absolute Gasteiger partial charge is 0.306 e. The number of rotatable bonds is 58. The third kappa shape index (κ3) is 64.3. The molecule has 0 heterocycles. The monoisotopic (exact) mass is 1090 g/mol. The van der Waals surface area contributed by atoms with Gasteiger partial charge < -0.3 is 14.2 Å². The summed E-state index contributed by atoms with van der Waals surface area (Å²) in [5.74, 6) is -0.933. The van der Waals surface area contributed by atoms with Gasteiger partial charge in [-0.1, -0.05) is 283 Å². The minimum absolute atomic E-state index is 0.0914. The van der Waals surface area contributed by atoms with Gasteiger partial charge in [0.1, 0.15) is 13.2 Å². The lowest BCUT2D eigenvalue weighted by molar-refractivity contribution is -0.167. The van der Waals surface area contributed by atoms with Gasteiger partial charge in [-0.15, -0.1) is 0 Å². The van der Waals surface area contributed by atoms with Crippen LogP contribution in [-0.2, 0) is 28.6 Å².